The minimum Gasteiger partial charge on any atom is -0.376 e. The van der Waals surface area contributed by atoms with E-state index in [-0.39, 0.29) is 6.85 Å². The molecule has 0 saturated heterocycles. The third-order valence-electron chi connectivity index (χ3n) is 10.8. The van der Waals surface area contributed by atoms with Crippen LogP contribution in [0.15, 0.2) is 170 Å². The van der Waals surface area contributed by atoms with Crippen LogP contribution in [0.3, 0.4) is 0 Å². The normalized spacial score (nSPS) is 12.3. The summed E-state index contributed by atoms with van der Waals surface area (Å²) in [6.07, 6.45) is 3.76. The first kappa shape index (κ1) is 30.3. The van der Waals surface area contributed by atoms with Crippen LogP contribution < -0.4 is 15.7 Å². The smallest absolute Gasteiger partial charge is 0.329 e. The first-order valence-electron chi connectivity index (χ1n) is 17.9. The molecule has 0 spiro atoms. The van der Waals surface area contributed by atoms with Gasteiger partial charge >= 0.3 is 6.85 Å². The highest BCUT2D eigenvalue weighted by molar-refractivity contribution is 6.92. The maximum atomic E-state index is 4.37. The fourth-order valence-corrected chi connectivity index (χ4v) is 8.26. The van der Waals surface area contributed by atoms with E-state index in [1.807, 2.05) is 26.2 Å². The van der Waals surface area contributed by atoms with Crippen LogP contribution in [0.2, 0.25) is 0 Å². The minimum atomic E-state index is 0.0790. The Kier molecular flexibility index (Phi) is 7.04. The zero-order valence-corrected chi connectivity index (χ0v) is 29.1. The van der Waals surface area contributed by atoms with Gasteiger partial charge < -0.3 is 4.81 Å². The van der Waals surface area contributed by atoms with E-state index >= 15 is 0 Å². The molecule has 0 unspecified atom stereocenters. The number of hydrogen-bond donors (Lipinski definition) is 0. The van der Waals surface area contributed by atoms with E-state index < -0.39 is 0 Å². The lowest BCUT2D eigenvalue weighted by molar-refractivity contribution is 1.20. The zero-order valence-electron chi connectivity index (χ0n) is 29.1. The van der Waals surface area contributed by atoms with Gasteiger partial charge in [-0.05, 0) is 129 Å². The molecule has 0 fully saturated rings. The van der Waals surface area contributed by atoms with Gasteiger partial charge in [-0.2, -0.15) is 0 Å². The number of anilines is 2. The van der Waals surface area contributed by atoms with Crippen molar-refractivity contribution in [2.24, 2.45) is 0 Å². The molecule has 0 atom stereocenters. The van der Waals surface area contributed by atoms with E-state index in [1.165, 1.54) is 89.1 Å². The lowest BCUT2D eigenvalue weighted by atomic mass is 9.43. The summed E-state index contributed by atoms with van der Waals surface area (Å²) in [4.78, 5) is 11.3. The number of aryl methyl sites for hydroxylation is 2. The van der Waals surface area contributed by atoms with Crippen molar-refractivity contribution in [1.82, 2.24) is 9.97 Å². The summed E-state index contributed by atoms with van der Waals surface area (Å²) in [5.74, 6) is 0. The lowest BCUT2D eigenvalue weighted by Gasteiger charge is -2.43. The molecular weight excluding hydrogens is 629 g/mol. The molecule has 0 amide bonds. The van der Waals surface area contributed by atoms with Crippen LogP contribution in [0.5, 0.6) is 0 Å². The van der Waals surface area contributed by atoms with E-state index in [2.05, 4.69) is 173 Å². The molecule has 0 radical (unpaired) electrons. The van der Waals surface area contributed by atoms with Crippen LogP contribution in [0.25, 0.3) is 66.8 Å². The van der Waals surface area contributed by atoms with Crippen molar-refractivity contribution in [3.63, 3.8) is 0 Å². The molecule has 4 heterocycles. The minimum absolute atomic E-state index is 0.0790. The molecule has 244 valence electrons. The molecule has 0 saturated carbocycles. The Balaban J connectivity index is 1.08. The highest BCUT2D eigenvalue weighted by atomic mass is 15.1. The van der Waals surface area contributed by atoms with Gasteiger partial charge in [0, 0.05) is 46.3 Å². The lowest BCUT2D eigenvalue weighted by Crippen LogP contribution is -2.59. The quantitative estimate of drug-likeness (QED) is 0.176. The Hall–Kier alpha value is -6.52. The topological polar surface area (TPSA) is 29.0 Å². The molecular formula is C48H34BN3. The predicted octanol–water partition coefficient (Wildman–Crippen LogP) is 10.7. The van der Waals surface area contributed by atoms with E-state index in [0.717, 1.165) is 11.4 Å². The average molecular weight is 664 g/mol. The maximum absolute atomic E-state index is 4.37. The van der Waals surface area contributed by atoms with Crippen molar-refractivity contribution in [2.75, 3.05) is 4.81 Å². The van der Waals surface area contributed by atoms with Gasteiger partial charge in [0.2, 0.25) is 0 Å². The van der Waals surface area contributed by atoms with Crippen LogP contribution in [0.1, 0.15) is 11.4 Å². The summed E-state index contributed by atoms with van der Waals surface area (Å²) in [5, 5.41) is 0. The molecule has 6 aromatic carbocycles. The number of aromatic nitrogens is 2. The van der Waals surface area contributed by atoms with Gasteiger partial charge in [0.25, 0.3) is 0 Å². The fourth-order valence-electron chi connectivity index (χ4n) is 8.26. The van der Waals surface area contributed by atoms with Crippen LogP contribution in [-0.2, 0) is 0 Å². The predicted molar refractivity (Wildman–Crippen MR) is 218 cm³/mol. The summed E-state index contributed by atoms with van der Waals surface area (Å²) >= 11 is 0. The van der Waals surface area contributed by atoms with Gasteiger partial charge in [0.1, 0.15) is 0 Å². The Labute approximate surface area is 305 Å². The number of nitrogens with zero attached hydrogens (tertiary/aromatic N) is 3. The van der Waals surface area contributed by atoms with Crippen molar-refractivity contribution >= 4 is 29.1 Å². The van der Waals surface area contributed by atoms with Gasteiger partial charge in [-0.3, -0.25) is 9.97 Å². The molecule has 0 bridgehead atoms. The second-order valence-corrected chi connectivity index (χ2v) is 13.9. The van der Waals surface area contributed by atoms with Crippen LogP contribution >= 0.6 is 0 Å². The molecule has 3 nitrogen and oxygen atoms in total. The fraction of sp³-hybridized carbons (Fsp3) is 0.0417. The highest BCUT2D eigenvalue weighted by Crippen LogP contribution is 2.48. The Morgan fingerprint density at radius 3 is 1.13 bits per heavy atom. The largest absolute Gasteiger partial charge is 0.376 e. The van der Waals surface area contributed by atoms with Crippen molar-refractivity contribution in [3.05, 3.63) is 182 Å². The SMILES string of the molecule is Cc1cc(-c2ccc(-c3ccc4c(c3)-c3ccccc3B3c5ccccc5-c5cc(-c6ccc(-c7ccnc(C)c7)cc6)ccc5N34)cc2)ccn1. The first-order valence-corrected chi connectivity index (χ1v) is 17.9. The Morgan fingerprint density at radius 2 is 0.731 bits per heavy atom. The molecule has 10 rings (SSSR count). The number of rotatable bonds is 4. The van der Waals surface area contributed by atoms with Gasteiger partial charge in [0.15, 0.2) is 0 Å². The highest BCUT2D eigenvalue weighted by Gasteiger charge is 2.42. The van der Waals surface area contributed by atoms with Crippen LogP contribution in [0.4, 0.5) is 11.4 Å². The molecule has 2 aliphatic heterocycles. The van der Waals surface area contributed by atoms with E-state index in [9.17, 15) is 0 Å². The molecule has 0 N–H and O–H groups in total. The summed E-state index contributed by atoms with van der Waals surface area (Å²) in [6.45, 7) is 4.15. The van der Waals surface area contributed by atoms with Gasteiger partial charge in [-0.25, -0.2) is 0 Å². The van der Waals surface area contributed by atoms with Crippen LogP contribution in [-0.4, -0.2) is 16.8 Å². The first-order chi connectivity index (χ1) is 25.6. The average Bonchev–Trinajstić information content (AvgIpc) is 3.20. The number of pyridine rings is 2. The summed E-state index contributed by atoms with van der Waals surface area (Å²) in [5.41, 5.74) is 21.9. The third-order valence-corrected chi connectivity index (χ3v) is 10.8. The monoisotopic (exact) mass is 663 g/mol. The molecule has 4 heteroatoms. The summed E-state index contributed by atoms with van der Waals surface area (Å²) < 4.78 is 0. The van der Waals surface area contributed by atoms with Crippen LogP contribution in [0, 0.1) is 13.8 Å². The van der Waals surface area contributed by atoms with Crippen molar-refractivity contribution < 1.29 is 0 Å². The van der Waals surface area contributed by atoms with Gasteiger partial charge in [-0.15, -0.1) is 0 Å². The van der Waals surface area contributed by atoms with E-state index in [1.54, 1.807) is 0 Å². The number of fused-ring (bicyclic) bond motifs is 11. The summed E-state index contributed by atoms with van der Waals surface area (Å²) in [7, 11) is 0. The van der Waals surface area contributed by atoms with Gasteiger partial charge in [0.05, 0.1) is 0 Å². The second-order valence-electron chi connectivity index (χ2n) is 13.9. The van der Waals surface area contributed by atoms with Gasteiger partial charge in [-0.1, -0.05) is 109 Å². The second kappa shape index (κ2) is 12.1. The Morgan fingerprint density at radius 1 is 0.365 bits per heavy atom. The van der Waals surface area contributed by atoms with Crippen molar-refractivity contribution in [2.45, 2.75) is 13.8 Å². The molecule has 2 aliphatic rings. The molecule has 0 aliphatic carbocycles. The number of benzene rings is 6. The molecule has 8 aromatic rings. The standard InChI is InChI=1S/C48H34BN3/c1-31-27-39(23-25-50-31)35-15-11-33(12-16-35)37-19-21-47-43(29-37)41-7-3-5-9-45(41)49-46-10-6-4-8-42(46)44-30-38(20-22-48(44)52(47)49)34-13-17-36(18-14-34)40-24-26-51-32(2)28-40/h3-30H,1-2H3. The van der Waals surface area contributed by atoms with Crippen molar-refractivity contribution in [3.8, 4) is 66.8 Å². The maximum Gasteiger partial charge on any atom is 0.329 e. The summed E-state index contributed by atoms with van der Waals surface area (Å²) in [6, 6.07) is 58.2. The Bertz CT molecular complexity index is 2480. The van der Waals surface area contributed by atoms with E-state index in [0.29, 0.717) is 0 Å². The number of hydrogen-bond acceptors (Lipinski definition) is 3. The molecule has 2 aromatic heterocycles. The third kappa shape index (κ3) is 4.98. The van der Waals surface area contributed by atoms with E-state index in [4.69, 9.17) is 0 Å². The molecule has 52 heavy (non-hydrogen) atoms. The van der Waals surface area contributed by atoms with Crippen molar-refractivity contribution in [1.29, 1.82) is 0 Å². The zero-order chi connectivity index (χ0) is 34.8.